The Bertz CT molecular complexity index is 2650. The van der Waals surface area contributed by atoms with Crippen LogP contribution in [-0.2, 0) is 37.1 Å². The van der Waals surface area contributed by atoms with Gasteiger partial charge in [-0.25, -0.2) is 9.78 Å². The van der Waals surface area contributed by atoms with Crippen molar-refractivity contribution in [1.82, 2.24) is 14.3 Å². The number of halogens is 1. The number of aryl methyl sites for hydroxylation is 1. The molecule has 3 aliphatic rings. The second kappa shape index (κ2) is 23.0. The van der Waals surface area contributed by atoms with Crippen molar-refractivity contribution in [3.63, 3.8) is 0 Å². The molecule has 2 saturated heterocycles. The lowest BCUT2D eigenvalue weighted by atomic mass is 9.79. The zero-order valence-corrected chi connectivity index (χ0v) is 44.1. The third-order valence-corrected chi connectivity index (χ3v) is 16.2. The van der Waals surface area contributed by atoms with Crippen LogP contribution >= 0.6 is 34.9 Å². The highest BCUT2D eigenvalue weighted by Crippen LogP contribution is 2.47. The van der Waals surface area contributed by atoms with Crippen LogP contribution in [0.2, 0.25) is 5.02 Å². The molecular formula is C52H62BClN5O10S2+. The largest absolute Gasteiger partial charge is 0.539 e. The highest BCUT2D eigenvalue weighted by atomic mass is 35.5. The van der Waals surface area contributed by atoms with E-state index in [0.717, 1.165) is 78.6 Å². The molecule has 1 aromatic heterocycles. The van der Waals surface area contributed by atoms with Gasteiger partial charge in [0, 0.05) is 48.0 Å². The summed E-state index contributed by atoms with van der Waals surface area (Å²) < 4.78 is 32.9. The van der Waals surface area contributed by atoms with Crippen molar-refractivity contribution in [1.29, 1.82) is 0 Å². The van der Waals surface area contributed by atoms with Crippen LogP contribution in [0, 0.1) is 18.3 Å². The molecule has 0 N–H and O–H groups in total. The number of hydrogen-bond acceptors (Lipinski definition) is 15. The van der Waals surface area contributed by atoms with Crippen LogP contribution in [-0.4, -0.2) is 113 Å². The highest BCUT2D eigenvalue weighted by Gasteiger charge is 2.55. The van der Waals surface area contributed by atoms with E-state index in [2.05, 4.69) is 14.5 Å². The van der Waals surface area contributed by atoms with Crippen molar-refractivity contribution in [2.24, 2.45) is 16.5 Å². The number of likely N-dealkylation sites (tertiary alicyclic amines) is 1. The van der Waals surface area contributed by atoms with E-state index in [4.69, 9.17) is 48.1 Å². The molecule has 0 saturated carbocycles. The molecule has 0 spiro atoms. The highest BCUT2D eigenvalue weighted by molar-refractivity contribution is 8.00. The van der Waals surface area contributed by atoms with E-state index < -0.39 is 28.6 Å². The van der Waals surface area contributed by atoms with E-state index in [1.165, 1.54) is 16.7 Å². The Morgan fingerprint density at radius 3 is 2.11 bits per heavy atom. The smallest absolute Gasteiger partial charge is 0.378 e. The number of aromatic nitrogens is 2. The molecule has 2 fully saturated rings. The fraction of sp³-hybridized carbons (Fsp3) is 0.481. The predicted octanol–water partition coefficient (Wildman–Crippen LogP) is 9.26. The zero-order chi connectivity index (χ0) is 51.1. The molecule has 376 valence electrons. The van der Waals surface area contributed by atoms with Crippen LogP contribution < -0.4 is 18.9 Å². The lowest BCUT2D eigenvalue weighted by Gasteiger charge is -2.50. The van der Waals surface area contributed by atoms with Crippen molar-refractivity contribution < 1.29 is 52.1 Å². The minimum atomic E-state index is -0.796. The first-order valence-corrected chi connectivity index (χ1v) is 26.0. The number of thioether (sulfide) groups is 1. The first-order valence-electron chi connectivity index (χ1n) is 23.8. The van der Waals surface area contributed by atoms with Crippen LogP contribution in [0.25, 0.3) is 0 Å². The molecule has 71 heavy (non-hydrogen) atoms. The van der Waals surface area contributed by atoms with Gasteiger partial charge in [-0.05, 0) is 92.7 Å². The maximum atomic E-state index is 14.0. The maximum Gasteiger partial charge on any atom is 0.378 e. The number of hydrogen-bond donors (Lipinski definition) is 0. The number of amides is 1. The summed E-state index contributed by atoms with van der Waals surface area (Å²) in [5.41, 5.74) is 1.94. The van der Waals surface area contributed by atoms with Gasteiger partial charge in [-0.3, -0.25) is 19.3 Å². The number of Topliss-reactive ketones (excluding diaryl/α,β-unsaturated/α-hetero) is 2. The molecule has 4 aromatic rings. The molecule has 3 aliphatic heterocycles. The number of carbonyl (C=O) groups excluding carboxylic acids is 4. The number of ketones is 2. The average Bonchev–Trinajstić information content (AvgIpc) is 4.01. The summed E-state index contributed by atoms with van der Waals surface area (Å²) in [7, 11) is 8.73. The Morgan fingerprint density at radius 1 is 0.901 bits per heavy atom. The van der Waals surface area contributed by atoms with Crippen LogP contribution in [0.4, 0.5) is 0 Å². The molecule has 7 rings (SSSR count). The summed E-state index contributed by atoms with van der Waals surface area (Å²) in [5.74, 6) is 0.280. The van der Waals surface area contributed by atoms with Crippen LogP contribution in [0.3, 0.4) is 0 Å². The molecule has 0 unspecified atom stereocenters. The first-order chi connectivity index (χ1) is 33.9. The zero-order valence-electron chi connectivity index (χ0n) is 41.7. The van der Waals surface area contributed by atoms with Gasteiger partial charge in [-0.1, -0.05) is 61.8 Å². The summed E-state index contributed by atoms with van der Waals surface area (Å²) in [6.45, 7) is 15.0. The van der Waals surface area contributed by atoms with Gasteiger partial charge in [-0.2, -0.15) is 4.37 Å². The van der Waals surface area contributed by atoms with Gasteiger partial charge in [0.05, 0.1) is 50.2 Å². The van der Waals surface area contributed by atoms with E-state index in [0.29, 0.717) is 39.5 Å². The fourth-order valence-corrected chi connectivity index (χ4v) is 10.9. The quantitative estimate of drug-likeness (QED) is 0.0131. The van der Waals surface area contributed by atoms with Crippen molar-refractivity contribution in [2.45, 2.75) is 104 Å². The summed E-state index contributed by atoms with van der Waals surface area (Å²) in [5, 5.41) is 4.64. The molecule has 3 aromatic carbocycles. The normalized spacial score (nSPS) is 17.8. The van der Waals surface area contributed by atoms with Crippen molar-refractivity contribution in [3.8, 4) is 23.0 Å². The number of benzene rings is 3. The second-order valence-electron chi connectivity index (χ2n) is 19.7. The Hall–Kier alpha value is -5.43. The van der Waals surface area contributed by atoms with E-state index in [9.17, 15) is 19.2 Å². The summed E-state index contributed by atoms with van der Waals surface area (Å²) in [6.07, 6.45) is 3.41. The van der Waals surface area contributed by atoms with Crippen LogP contribution in [0.5, 0.6) is 23.0 Å². The van der Waals surface area contributed by atoms with Crippen LogP contribution in [0.15, 0.2) is 77.1 Å². The summed E-state index contributed by atoms with van der Waals surface area (Å²) in [4.78, 5) is 67.2. The van der Waals surface area contributed by atoms with E-state index in [1.807, 2.05) is 83.1 Å². The number of carbonyl (C=O) groups is 4. The van der Waals surface area contributed by atoms with Gasteiger partial charge < -0.3 is 32.9 Å². The standard InChI is InChI=1S/C52H62BClN5O10S2/c1-32-55-47(57-71-32)44(56-69-52(5,6)51(2,3)4)41(61)27-39-48(62)58-45(50(63)68-53)35(31-70-49(39)58)28-59(25-11-12-26-59)24-10-9-13-40(60)38-22-23-42(66-29-33-14-18-36(64-7)19-15-33)46(43(38)54)67-30-34-16-20-37(65-8)21-17-34/h14-23,39,49H,9-13,24-31H2,1-8H3/q+1/b56-44-/t39-,49-/m1/s1. The fourth-order valence-electron chi connectivity index (χ4n) is 8.69. The SMILES string of the molecule is [B]OC(=O)C1=C(C[N+]2(CCCCC(=O)c3ccc(OCc4ccc(OC)cc4)c(OCc4ccc(OC)cc4)c3Cl)CCCC2)CS[C@@H]2[C@H](CC(=O)/C(=N/OC(C)(C)C(C)(C)C)c3nsc(C)n3)C(=O)N12. The lowest BCUT2D eigenvalue weighted by Crippen LogP contribution is -2.63. The minimum Gasteiger partial charge on any atom is -0.539 e. The second-order valence-corrected chi connectivity index (χ2v) is 22.2. The molecule has 2 radical (unpaired) electrons. The number of nitrogens with zero attached hydrogens (tertiary/aromatic N) is 5. The monoisotopic (exact) mass is 1030 g/mol. The Kier molecular flexibility index (Phi) is 17.3. The van der Waals surface area contributed by atoms with Gasteiger partial charge in [0.25, 0.3) is 0 Å². The van der Waals surface area contributed by atoms with E-state index >= 15 is 0 Å². The summed E-state index contributed by atoms with van der Waals surface area (Å²) in [6, 6.07) is 18.4. The van der Waals surface area contributed by atoms with Gasteiger partial charge in [0.1, 0.15) is 47.6 Å². The Balaban J connectivity index is 1.01. The molecular weight excluding hydrogens is 965 g/mol. The lowest BCUT2D eigenvalue weighted by molar-refractivity contribution is -0.912. The predicted molar refractivity (Wildman–Crippen MR) is 274 cm³/mol. The minimum absolute atomic E-state index is 0.0504. The third-order valence-electron chi connectivity index (χ3n) is 13.8. The maximum absolute atomic E-state index is 14.0. The Labute approximate surface area is 430 Å². The van der Waals surface area contributed by atoms with E-state index in [1.54, 1.807) is 33.3 Å². The molecule has 2 atom stereocenters. The number of unbranched alkanes of at least 4 members (excludes halogenated alkanes) is 1. The molecule has 19 heteroatoms. The van der Waals surface area contributed by atoms with Crippen molar-refractivity contribution in [3.05, 3.63) is 104 Å². The molecule has 0 bridgehead atoms. The molecule has 1 amide bonds. The number of methoxy groups -OCH3 is 2. The topological polar surface area (TPSA) is 165 Å². The molecule has 15 nitrogen and oxygen atoms in total. The summed E-state index contributed by atoms with van der Waals surface area (Å²) >= 11 is 9.67. The number of oxime groups is 1. The number of ether oxygens (including phenoxy) is 4. The van der Waals surface area contributed by atoms with Crippen LogP contribution in [0.1, 0.15) is 105 Å². The molecule has 4 heterocycles. The third kappa shape index (κ3) is 12.4. The van der Waals surface area contributed by atoms with Crippen molar-refractivity contribution in [2.75, 3.05) is 46.2 Å². The average molecular weight is 1030 g/mol. The number of rotatable bonds is 23. The van der Waals surface area contributed by atoms with Gasteiger partial charge in [0.15, 0.2) is 34.6 Å². The Morgan fingerprint density at radius 2 is 1.54 bits per heavy atom. The number of quaternary nitrogens is 1. The molecule has 0 aliphatic carbocycles. The van der Waals surface area contributed by atoms with Crippen molar-refractivity contribution >= 4 is 72.1 Å². The van der Waals surface area contributed by atoms with Gasteiger partial charge in [-0.15, -0.1) is 11.8 Å². The van der Waals surface area contributed by atoms with Gasteiger partial charge >= 0.3 is 14.0 Å². The van der Waals surface area contributed by atoms with Gasteiger partial charge in [0.2, 0.25) is 5.91 Å². The first kappa shape index (κ1) is 53.4. The number of fused-ring (bicyclic) bond motifs is 1. The number of β-lactam (4-membered cyclic amide) rings is 1. The van der Waals surface area contributed by atoms with E-state index in [-0.39, 0.29) is 71.2 Å².